The van der Waals surface area contributed by atoms with E-state index in [1.165, 1.54) is 12.1 Å². The maximum absolute atomic E-state index is 13.1. The molecule has 2 N–H and O–H groups in total. The molecule has 0 saturated heterocycles. The molecule has 0 aliphatic carbocycles. The lowest BCUT2D eigenvalue weighted by Crippen LogP contribution is -2.04. The number of aromatic amines is 2. The Kier molecular flexibility index (Phi) is 4.25. The van der Waals surface area contributed by atoms with E-state index in [-0.39, 0.29) is 0 Å². The van der Waals surface area contributed by atoms with Crippen LogP contribution >= 0.6 is 11.6 Å². The van der Waals surface area contributed by atoms with Gasteiger partial charge >= 0.3 is 6.18 Å². The summed E-state index contributed by atoms with van der Waals surface area (Å²) in [5, 5.41) is 2.48. The Labute approximate surface area is 190 Å². The van der Waals surface area contributed by atoms with Gasteiger partial charge < -0.3 is 9.97 Å². The molecule has 8 heteroatoms. The number of pyridine rings is 1. The van der Waals surface area contributed by atoms with Crippen LogP contribution in [0.25, 0.3) is 55.6 Å². The van der Waals surface area contributed by atoms with Crippen molar-refractivity contribution in [1.82, 2.24) is 19.9 Å². The molecule has 3 aromatic carbocycles. The number of imidazole rings is 1. The van der Waals surface area contributed by atoms with Gasteiger partial charge in [-0.1, -0.05) is 41.9 Å². The SMILES string of the molecule is FC(F)(F)c1ccc(-c2nc(-c3nc4ccc(Cl)cc4[nH]3)cc3c2[nH]c2ccccc23)cc1. The minimum absolute atomic E-state index is 0.547. The molecule has 0 atom stereocenters. The number of H-pyrrole nitrogens is 2. The highest BCUT2D eigenvalue weighted by atomic mass is 35.5. The first-order chi connectivity index (χ1) is 15.9. The summed E-state index contributed by atoms with van der Waals surface area (Å²) in [6.45, 7) is 0. The van der Waals surface area contributed by atoms with Crippen molar-refractivity contribution in [2.75, 3.05) is 0 Å². The fourth-order valence-electron chi connectivity index (χ4n) is 4.10. The average molecular weight is 463 g/mol. The van der Waals surface area contributed by atoms with Crippen molar-refractivity contribution in [3.63, 3.8) is 0 Å². The Morgan fingerprint density at radius 2 is 1.55 bits per heavy atom. The Hall–Kier alpha value is -3.84. The molecule has 0 spiro atoms. The van der Waals surface area contributed by atoms with Crippen LogP contribution in [0.2, 0.25) is 5.02 Å². The molecule has 0 amide bonds. The molecule has 0 bridgehead atoms. The largest absolute Gasteiger partial charge is 0.416 e. The van der Waals surface area contributed by atoms with Crippen LogP contribution in [0.15, 0.2) is 72.8 Å². The van der Waals surface area contributed by atoms with Crippen LogP contribution in [0, 0.1) is 0 Å². The quantitative estimate of drug-likeness (QED) is 0.278. The maximum Gasteiger partial charge on any atom is 0.416 e. The highest BCUT2D eigenvalue weighted by Crippen LogP contribution is 2.36. The van der Waals surface area contributed by atoms with E-state index in [4.69, 9.17) is 16.6 Å². The van der Waals surface area contributed by atoms with Crippen molar-refractivity contribution in [2.24, 2.45) is 0 Å². The predicted molar refractivity (Wildman–Crippen MR) is 124 cm³/mol. The van der Waals surface area contributed by atoms with Crippen molar-refractivity contribution in [1.29, 1.82) is 0 Å². The minimum atomic E-state index is -4.40. The van der Waals surface area contributed by atoms with Crippen molar-refractivity contribution >= 4 is 44.4 Å². The van der Waals surface area contributed by atoms with Gasteiger partial charge in [0.05, 0.1) is 27.8 Å². The highest BCUT2D eigenvalue weighted by molar-refractivity contribution is 6.31. The first kappa shape index (κ1) is 19.8. The molecule has 6 rings (SSSR count). The lowest BCUT2D eigenvalue weighted by atomic mass is 10.0. The summed E-state index contributed by atoms with van der Waals surface area (Å²) >= 11 is 6.11. The molecule has 0 saturated carbocycles. The van der Waals surface area contributed by atoms with E-state index in [0.717, 1.165) is 45.0 Å². The number of aromatic nitrogens is 4. The third-order valence-corrected chi connectivity index (χ3v) is 5.90. The lowest BCUT2D eigenvalue weighted by Gasteiger charge is -2.09. The first-order valence-corrected chi connectivity index (χ1v) is 10.5. The normalized spacial score (nSPS) is 12.2. The zero-order chi connectivity index (χ0) is 22.7. The van der Waals surface area contributed by atoms with Crippen molar-refractivity contribution in [3.8, 4) is 22.8 Å². The van der Waals surface area contributed by atoms with E-state index in [2.05, 4.69) is 15.0 Å². The monoisotopic (exact) mass is 462 g/mol. The second-order valence-corrected chi connectivity index (χ2v) is 8.21. The Balaban J connectivity index is 1.61. The molecule has 3 aromatic heterocycles. The molecule has 4 nitrogen and oxygen atoms in total. The van der Waals surface area contributed by atoms with Crippen molar-refractivity contribution in [2.45, 2.75) is 6.18 Å². The van der Waals surface area contributed by atoms with Crippen LogP contribution in [-0.2, 0) is 6.18 Å². The second kappa shape index (κ2) is 7.08. The number of rotatable bonds is 2. The van der Waals surface area contributed by atoms with Gasteiger partial charge in [-0.05, 0) is 42.5 Å². The number of benzene rings is 3. The molecule has 3 heterocycles. The summed E-state index contributed by atoms with van der Waals surface area (Å²) in [6, 6.07) is 20.1. The zero-order valence-corrected chi connectivity index (χ0v) is 17.6. The molecule has 0 aliphatic heterocycles. The third kappa shape index (κ3) is 3.32. The van der Waals surface area contributed by atoms with E-state index < -0.39 is 11.7 Å². The number of nitrogens with one attached hydrogen (secondary N) is 2. The van der Waals surface area contributed by atoms with Crippen molar-refractivity contribution < 1.29 is 13.2 Å². The second-order valence-electron chi connectivity index (χ2n) is 7.77. The molecule has 0 radical (unpaired) electrons. The topological polar surface area (TPSA) is 57.4 Å². The van der Waals surface area contributed by atoms with Gasteiger partial charge in [0.25, 0.3) is 0 Å². The molecule has 0 fully saturated rings. The zero-order valence-electron chi connectivity index (χ0n) is 16.8. The first-order valence-electron chi connectivity index (χ1n) is 10.1. The highest BCUT2D eigenvalue weighted by Gasteiger charge is 2.30. The Morgan fingerprint density at radius 1 is 0.758 bits per heavy atom. The number of hydrogen-bond acceptors (Lipinski definition) is 2. The number of alkyl halides is 3. The van der Waals surface area contributed by atoms with Gasteiger partial charge in [-0.25, -0.2) is 9.97 Å². The number of para-hydroxylation sites is 1. The van der Waals surface area contributed by atoms with Gasteiger partial charge in [0.2, 0.25) is 0 Å². The van der Waals surface area contributed by atoms with Gasteiger partial charge in [0.15, 0.2) is 5.82 Å². The van der Waals surface area contributed by atoms with Gasteiger partial charge in [-0.15, -0.1) is 0 Å². The molecule has 0 aliphatic rings. The summed E-state index contributed by atoms with van der Waals surface area (Å²) in [7, 11) is 0. The Morgan fingerprint density at radius 3 is 2.33 bits per heavy atom. The van der Waals surface area contributed by atoms with E-state index >= 15 is 0 Å². The van der Waals surface area contributed by atoms with Crippen LogP contribution in [0.1, 0.15) is 5.56 Å². The van der Waals surface area contributed by atoms with Crippen LogP contribution in [0.4, 0.5) is 13.2 Å². The van der Waals surface area contributed by atoms with Gasteiger partial charge in [-0.3, -0.25) is 0 Å². The van der Waals surface area contributed by atoms with E-state index in [1.54, 1.807) is 12.1 Å². The summed E-state index contributed by atoms with van der Waals surface area (Å²) in [5.74, 6) is 0.549. The van der Waals surface area contributed by atoms with Crippen LogP contribution in [-0.4, -0.2) is 19.9 Å². The van der Waals surface area contributed by atoms with E-state index in [9.17, 15) is 13.2 Å². The molecular weight excluding hydrogens is 449 g/mol. The fraction of sp³-hybridized carbons (Fsp3) is 0.0400. The summed E-state index contributed by atoms with van der Waals surface area (Å²) in [4.78, 5) is 16.1. The predicted octanol–water partition coefficient (Wildman–Crippen LogP) is 7.60. The Bertz CT molecular complexity index is 1660. The fourth-order valence-corrected chi connectivity index (χ4v) is 4.27. The average Bonchev–Trinajstić information content (AvgIpc) is 3.39. The molecular formula is C25H14ClF3N4. The van der Waals surface area contributed by atoms with Crippen LogP contribution in [0.5, 0.6) is 0 Å². The van der Waals surface area contributed by atoms with Crippen molar-refractivity contribution in [3.05, 3.63) is 83.4 Å². The maximum atomic E-state index is 13.1. The standard InChI is InChI=1S/C25H14ClF3N4/c26-15-9-10-19-20(11-15)33-24(32-19)21-12-17-16-3-1-2-4-18(16)30-23(17)22(31-21)13-5-7-14(8-6-13)25(27,28)29/h1-12,30H,(H,32,33). The smallest absolute Gasteiger partial charge is 0.353 e. The van der Waals surface area contributed by atoms with Gasteiger partial charge in [0.1, 0.15) is 5.69 Å². The number of fused-ring (bicyclic) bond motifs is 4. The molecule has 0 unspecified atom stereocenters. The van der Waals surface area contributed by atoms with E-state index in [0.29, 0.717) is 27.8 Å². The number of halogens is 4. The lowest BCUT2D eigenvalue weighted by molar-refractivity contribution is -0.137. The van der Waals surface area contributed by atoms with Crippen LogP contribution < -0.4 is 0 Å². The number of hydrogen-bond donors (Lipinski definition) is 2. The van der Waals surface area contributed by atoms with Gasteiger partial charge in [0, 0.05) is 26.9 Å². The summed E-state index contributed by atoms with van der Waals surface area (Å²) in [5.41, 5.74) is 4.17. The van der Waals surface area contributed by atoms with Crippen LogP contribution in [0.3, 0.4) is 0 Å². The van der Waals surface area contributed by atoms with E-state index in [1.807, 2.05) is 36.4 Å². The number of nitrogens with zero attached hydrogens (tertiary/aromatic N) is 2. The summed E-state index contributed by atoms with van der Waals surface area (Å²) in [6.07, 6.45) is -4.40. The molecule has 33 heavy (non-hydrogen) atoms. The molecule has 162 valence electrons. The molecule has 6 aromatic rings. The van der Waals surface area contributed by atoms with Gasteiger partial charge in [-0.2, -0.15) is 13.2 Å². The summed E-state index contributed by atoms with van der Waals surface area (Å²) < 4.78 is 39.3. The minimum Gasteiger partial charge on any atom is -0.353 e. The third-order valence-electron chi connectivity index (χ3n) is 5.67.